The summed E-state index contributed by atoms with van der Waals surface area (Å²) in [5.41, 5.74) is 0. The van der Waals surface area contributed by atoms with Crippen LogP contribution in [-0.2, 0) is 19.1 Å². The van der Waals surface area contributed by atoms with Crippen LogP contribution in [0, 0.1) is 5.92 Å². The normalized spacial score (nSPS) is 12.0. The quantitative estimate of drug-likeness (QED) is 0.212. The molecule has 1 atom stereocenters. The molecular weight excluding hydrogens is 328 g/mol. The third kappa shape index (κ3) is 17.8. The Morgan fingerprint density at radius 1 is 0.692 bits per heavy atom. The van der Waals surface area contributed by atoms with E-state index in [4.69, 9.17) is 9.47 Å². The van der Waals surface area contributed by atoms with Crippen molar-refractivity contribution in [1.82, 2.24) is 0 Å². The predicted molar refractivity (Wildman–Crippen MR) is 107 cm³/mol. The SMILES string of the molecule is CCCCOC(=O)CCCCCCCCCC(C)CC(=O)OCCCC. The molecule has 0 aromatic heterocycles. The molecule has 0 saturated heterocycles. The maximum absolute atomic E-state index is 11.6. The highest BCUT2D eigenvalue weighted by Crippen LogP contribution is 2.16. The van der Waals surface area contributed by atoms with Crippen LogP contribution >= 0.6 is 0 Å². The van der Waals surface area contributed by atoms with Gasteiger partial charge in [0.2, 0.25) is 0 Å². The van der Waals surface area contributed by atoms with Gasteiger partial charge in [-0.1, -0.05) is 78.6 Å². The third-order valence-corrected chi connectivity index (χ3v) is 4.61. The lowest BCUT2D eigenvalue weighted by atomic mass is 9.99. The van der Waals surface area contributed by atoms with E-state index in [1.165, 1.54) is 32.1 Å². The van der Waals surface area contributed by atoms with Gasteiger partial charge in [0.25, 0.3) is 0 Å². The molecule has 4 nitrogen and oxygen atoms in total. The van der Waals surface area contributed by atoms with Crippen molar-refractivity contribution in [2.75, 3.05) is 13.2 Å². The molecule has 0 aliphatic rings. The van der Waals surface area contributed by atoms with E-state index in [1.54, 1.807) is 0 Å². The van der Waals surface area contributed by atoms with Crippen molar-refractivity contribution >= 4 is 11.9 Å². The van der Waals surface area contributed by atoms with E-state index in [2.05, 4.69) is 20.8 Å². The number of hydrogen-bond donors (Lipinski definition) is 0. The third-order valence-electron chi connectivity index (χ3n) is 4.61. The summed E-state index contributed by atoms with van der Waals surface area (Å²) >= 11 is 0. The number of carbonyl (C=O) groups is 2. The summed E-state index contributed by atoms with van der Waals surface area (Å²) < 4.78 is 10.4. The van der Waals surface area contributed by atoms with E-state index in [9.17, 15) is 9.59 Å². The minimum atomic E-state index is -0.0424. The standard InChI is InChI=1S/C22H42O4/c1-4-6-17-25-21(23)16-14-12-10-8-9-11-13-15-20(3)19-22(24)26-18-7-5-2/h20H,4-19H2,1-3H3. The zero-order valence-electron chi connectivity index (χ0n) is 17.5. The molecular formula is C22H42O4. The average molecular weight is 371 g/mol. The van der Waals surface area contributed by atoms with Crippen molar-refractivity contribution in [3.63, 3.8) is 0 Å². The molecule has 0 aliphatic heterocycles. The molecule has 0 aromatic rings. The van der Waals surface area contributed by atoms with Crippen LogP contribution in [0.25, 0.3) is 0 Å². The van der Waals surface area contributed by atoms with Gasteiger partial charge in [0, 0.05) is 12.8 Å². The molecule has 0 rings (SSSR count). The van der Waals surface area contributed by atoms with Crippen molar-refractivity contribution in [3.8, 4) is 0 Å². The second-order valence-electron chi connectivity index (χ2n) is 7.47. The first-order valence-electron chi connectivity index (χ1n) is 10.9. The number of unbranched alkanes of at least 4 members (excludes halogenated alkanes) is 8. The van der Waals surface area contributed by atoms with Gasteiger partial charge >= 0.3 is 11.9 Å². The lowest BCUT2D eigenvalue weighted by Gasteiger charge is -2.11. The minimum absolute atomic E-state index is 0.0411. The fourth-order valence-corrected chi connectivity index (χ4v) is 2.82. The number of ether oxygens (including phenoxy) is 2. The Bertz CT molecular complexity index is 341. The van der Waals surface area contributed by atoms with Crippen molar-refractivity contribution in [2.45, 2.75) is 111 Å². The first-order valence-corrected chi connectivity index (χ1v) is 10.9. The second kappa shape index (κ2) is 18.7. The van der Waals surface area contributed by atoms with Gasteiger partial charge in [0.15, 0.2) is 0 Å². The van der Waals surface area contributed by atoms with Crippen LogP contribution < -0.4 is 0 Å². The molecule has 0 spiro atoms. The molecule has 0 radical (unpaired) electrons. The number of hydrogen-bond acceptors (Lipinski definition) is 4. The Morgan fingerprint density at radius 3 is 1.77 bits per heavy atom. The summed E-state index contributed by atoms with van der Waals surface area (Å²) in [6.07, 6.45) is 14.4. The van der Waals surface area contributed by atoms with E-state index in [1.807, 2.05) is 0 Å². The summed E-state index contributed by atoms with van der Waals surface area (Å²) in [6.45, 7) is 7.47. The van der Waals surface area contributed by atoms with Gasteiger partial charge in [0.05, 0.1) is 13.2 Å². The van der Waals surface area contributed by atoms with Crippen LogP contribution in [0.4, 0.5) is 0 Å². The molecule has 0 amide bonds. The topological polar surface area (TPSA) is 52.6 Å². The van der Waals surface area contributed by atoms with Crippen LogP contribution in [0.3, 0.4) is 0 Å². The molecule has 1 unspecified atom stereocenters. The summed E-state index contributed by atoms with van der Waals surface area (Å²) in [6, 6.07) is 0. The van der Waals surface area contributed by atoms with Crippen molar-refractivity contribution < 1.29 is 19.1 Å². The molecule has 0 bridgehead atoms. The Morgan fingerprint density at radius 2 is 1.19 bits per heavy atom. The first-order chi connectivity index (χ1) is 12.6. The summed E-state index contributed by atoms with van der Waals surface area (Å²) in [5.74, 6) is 0.336. The monoisotopic (exact) mass is 370 g/mol. The van der Waals surface area contributed by atoms with Crippen molar-refractivity contribution in [1.29, 1.82) is 0 Å². The van der Waals surface area contributed by atoms with Crippen LogP contribution in [-0.4, -0.2) is 25.2 Å². The Labute approximate surface area is 161 Å². The highest BCUT2D eigenvalue weighted by molar-refractivity contribution is 5.69. The fourth-order valence-electron chi connectivity index (χ4n) is 2.82. The average Bonchev–Trinajstić information content (AvgIpc) is 2.60. The van der Waals surface area contributed by atoms with Crippen molar-refractivity contribution in [2.24, 2.45) is 5.92 Å². The van der Waals surface area contributed by atoms with Gasteiger partial charge in [-0.05, 0) is 25.2 Å². The van der Waals surface area contributed by atoms with Crippen LogP contribution in [0.2, 0.25) is 0 Å². The first kappa shape index (κ1) is 24.9. The smallest absolute Gasteiger partial charge is 0.306 e. The van der Waals surface area contributed by atoms with Gasteiger partial charge in [-0.3, -0.25) is 9.59 Å². The van der Waals surface area contributed by atoms with Gasteiger partial charge in [-0.25, -0.2) is 0 Å². The van der Waals surface area contributed by atoms with Gasteiger partial charge < -0.3 is 9.47 Å². The van der Waals surface area contributed by atoms with Crippen molar-refractivity contribution in [3.05, 3.63) is 0 Å². The Balaban J connectivity index is 3.34. The van der Waals surface area contributed by atoms with E-state index in [-0.39, 0.29) is 11.9 Å². The zero-order chi connectivity index (χ0) is 19.5. The van der Waals surface area contributed by atoms with Gasteiger partial charge in [0.1, 0.15) is 0 Å². The predicted octanol–water partition coefficient (Wildman–Crippen LogP) is 6.21. The number of rotatable bonds is 18. The van der Waals surface area contributed by atoms with E-state index in [0.717, 1.165) is 44.9 Å². The number of carbonyl (C=O) groups excluding carboxylic acids is 2. The lowest BCUT2D eigenvalue weighted by molar-refractivity contribution is -0.145. The summed E-state index contributed by atoms with van der Waals surface area (Å²) in [7, 11) is 0. The number of esters is 2. The molecule has 26 heavy (non-hydrogen) atoms. The molecule has 0 aliphatic carbocycles. The summed E-state index contributed by atoms with van der Waals surface area (Å²) in [4.78, 5) is 23.1. The molecule has 0 fully saturated rings. The fraction of sp³-hybridized carbons (Fsp3) is 0.909. The van der Waals surface area contributed by atoms with E-state index in [0.29, 0.717) is 32.0 Å². The molecule has 0 heterocycles. The summed E-state index contributed by atoms with van der Waals surface area (Å²) in [5, 5.41) is 0. The second-order valence-corrected chi connectivity index (χ2v) is 7.47. The maximum atomic E-state index is 11.6. The van der Waals surface area contributed by atoms with Gasteiger partial charge in [-0.2, -0.15) is 0 Å². The zero-order valence-corrected chi connectivity index (χ0v) is 17.5. The molecule has 154 valence electrons. The lowest BCUT2D eigenvalue weighted by Crippen LogP contribution is -2.10. The Kier molecular flexibility index (Phi) is 18.0. The van der Waals surface area contributed by atoms with Crippen LogP contribution in [0.5, 0.6) is 0 Å². The largest absolute Gasteiger partial charge is 0.466 e. The van der Waals surface area contributed by atoms with E-state index < -0.39 is 0 Å². The molecule has 4 heteroatoms. The van der Waals surface area contributed by atoms with E-state index >= 15 is 0 Å². The Hall–Kier alpha value is -1.06. The van der Waals surface area contributed by atoms with Crippen LogP contribution in [0.15, 0.2) is 0 Å². The molecule has 0 saturated carbocycles. The highest BCUT2D eigenvalue weighted by Gasteiger charge is 2.09. The molecule has 0 aromatic carbocycles. The van der Waals surface area contributed by atoms with Crippen LogP contribution in [0.1, 0.15) is 111 Å². The van der Waals surface area contributed by atoms with Gasteiger partial charge in [-0.15, -0.1) is 0 Å². The maximum Gasteiger partial charge on any atom is 0.306 e. The minimum Gasteiger partial charge on any atom is -0.466 e. The molecule has 0 N–H and O–H groups in total. The highest BCUT2D eigenvalue weighted by atomic mass is 16.5.